The molecule has 8 heteroatoms. The van der Waals surface area contributed by atoms with Gasteiger partial charge in [-0.05, 0) is 25.1 Å². The summed E-state index contributed by atoms with van der Waals surface area (Å²) in [6, 6.07) is 11.1. The van der Waals surface area contributed by atoms with Crippen molar-refractivity contribution in [3.63, 3.8) is 0 Å². The van der Waals surface area contributed by atoms with Gasteiger partial charge < -0.3 is 19.8 Å². The number of ether oxygens (including phenoxy) is 2. The molecule has 0 aliphatic carbocycles. The SMILES string of the molecule is COc1ccc(NC(=O)C(=O)c2c(C)[nH]c3ccccc23)cc1OC(F)F. The number of anilines is 1. The molecule has 27 heavy (non-hydrogen) atoms. The number of Topliss-reactive ketones (excluding diaryl/α,β-unsaturated/α-hetero) is 1. The number of para-hydroxylation sites is 1. The third-order valence-corrected chi connectivity index (χ3v) is 3.96. The van der Waals surface area contributed by atoms with Gasteiger partial charge in [0.05, 0.1) is 12.7 Å². The maximum atomic E-state index is 12.6. The van der Waals surface area contributed by atoms with Gasteiger partial charge in [0.2, 0.25) is 0 Å². The number of carbonyl (C=O) groups excluding carboxylic acids is 2. The van der Waals surface area contributed by atoms with Crippen LogP contribution in [0.5, 0.6) is 11.5 Å². The van der Waals surface area contributed by atoms with Gasteiger partial charge in [-0.2, -0.15) is 8.78 Å². The van der Waals surface area contributed by atoms with Gasteiger partial charge in [0.1, 0.15) is 0 Å². The average molecular weight is 374 g/mol. The van der Waals surface area contributed by atoms with E-state index in [0.717, 1.165) is 11.6 Å². The van der Waals surface area contributed by atoms with Gasteiger partial charge in [-0.25, -0.2) is 0 Å². The van der Waals surface area contributed by atoms with Gasteiger partial charge in [-0.15, -0.1) is 0 Å². The number of methoxy groups -OCH3 is 1. The van der Waals surface area contributed by atoms with E-state index in [1.54, 1.807) is 25.1 Å². The lowest BCUT2D eigenvalue weighted by atomic mass is 10.1. The molecule has 0 spiro atoms. The Morgan fingerprint density at radius 3 is 2.56 bits per heavy atom. The van der Waals surface area contributed by atoms with Crippen LogP contribution in [0.25, 0.3) is 10.9 Å². The number of H-pyrrole nitrogens is 1. The predicted octanol–water partition coefficient (Wildman–Crippen LogP) is 3.91. The Balaban J connectivity index is 1.86. The van der Waals surface area contributed by atoms with Crippen LogP contribution in [0.2, 0.25) is 0 Å². The van der Waals surface area contributed by atoms with E-state index in [9.17, 15) is 18.4 Å². The van der Waals surface area contributed by atoms with Gasteiger partial charge in [-0.1, -0.05) is 18.2 Å². The lowest BCUT2D eigenvalue weighted by Gasteiger charge is -2.12. The molecule has 2 aromatic carbocycles. The summed E-state index contributed by atoms with van der Waals surface area (Å²) in [4.78, 5) is 28.1. The van der Waals surface area contributed by atoms with Crippen LogP contribution in [-0.4, -0.2) is 30.4 Å². The van der Waals surface area contributed by atoms with Crippen LogP contribution in [0, 0.1) is 6.92 Å². The number of halogens is 2. The molecular formula is C19H16F2N2O4. The van der Waals surface area contributed by atoms with Crippen LogP contribution in [0.1, 0.15) is 16.1 Å². The van der Waals surface area contributed by atoms with Crippen molar-refractivity contribution in [2.45, 2.75) is 13.5 Å². The highest BCUT2D eigenvalue weighted by molar-refractivity contribution is 6.48. The third-order valence-electron chi connectivity index (χ3n) is 3.96. The normalized spacial score (nSPS) is 10.9. The standard InChI is InChI=1S/C19H16F2N2O4/c1-10-16(12-5-3-4-6-13(12)22-10)17(24)18(25)23-11-7-8-14(26-2)15(9-11)27-19(20)21/h3-9,19,22H,1-2H3,(H,23,25). The number of carbonyl (C=O) groups is 2. The molecule has 0 aliphatic heterocycles. The summed E-state index contributed by atoms with van der Waals surface area (Å²) < 4.78 is 34.3. The van der Waals surface area contributed by atoms with Crippen LogP contribution < -0.4 is 14.8 Å². The maximum Gasteiger partial charge on any atom is 0.387 e. The molecule has 140 valence electrons. The number of nitrogens with one attached hydrogen (secondary N) is 2. The van der Waals surface area contributed by atoms with E-state index in [1.165, 1.54) is 19.2 Å². The number of amides is 1. The zero-order chi connectivity index (χ0) is 19.6. The minimum absolute atomic E-state index is 0.0760. The summed E-state index contributed by atoms with van der Waals surface area (Å²) in [5.41, 5.74) is 1.69. The summed E-state index contributed by atoms with van der Waals surface area (Å²) in [7, 11) is 1.30. The van der Waals surface area contributed by atoms with Crippen LogP contribution in [0.4, 0.5) is 14.5 Å². The van der Waals surface area contributed by atoms with Crippen molar-refractivity contribution < 1.29 is 27.8 Å². The van der Waals surface area contributed by atoms with Crippen molar-refractivity contribution in [2.75, 3.05) is 12.4 Å². The number of aromatic amines is 1. The van der Waals surface area contributed by atoms with Gasteiger partial charge in [0.15, 0.2) is 11.5 Å². The first-order valence-electron chi connectivity index (χ1n) is 7.96. The van der Waals surface area contributed by atoms with E-state index >= 15 is 0 Å². The van der Waals surface area contributed by atoms with E-state index < -0.39 is 18.3 Å². The smallest absolute Gasteiger partial charge is 0.387 e. The molecule has 0 atom stereocenters. The highest BCUT2D eigenvalue weighted by Gasteiger charge is 2.23. The molecule has 0 radical (unpaired) electrons. The Hall–Kier alpha value is -3.42. The van der Waals surface area contributed by atoms with Gasteiger partial charge in [-0.3, -0.25) is 9.59 Å². The van der Waals surface area contributed by atoms with E-state index in [1.807, 2.05) is 6.07 Å². The second-order valence-corrected chi connectivity index (χ2v) is 5.70. The van der Waals surface area contributed by atoms with Gasteiger partial charge >= 0.3 is 6.61 Å². The number of aromatic nitrogens is 1. The molecule has 1 heterocycles. The van der Waals surface area contributed by atoms with Crippen LogP contribution in [0.15, 0.2) is 42.5 Å². The Kier molecular flexibility index (Phi) is 5.07. The topological polar surface area (TPSA) is 80.4 Å². The molecule has 2 N–H and O–H groups in total. The zero-order valence-corrected chi connectivity index (χ0v) is 14.5. The Morgan fingerprint density at radius 1 is 1.11 bits per heavy atom. The monoisotopic (exact) mass is 374 g/mol. The Morgan fingerprint density at radius 2 is 1.85 bits per heavy atom. The fraction of sp³-hybridized carbons (Fsp3) is 0.158. The molecule has 6 nitrogen and oxygen atoms in total. The Bertz CT molecular complexity index is 1010. The highest BCUT2D eigenvalue weighted by Crippen LogP contribution is 2.31. The third kappa shape index (κ3) is 3.74. The van der Waals surface area contributed by atoms with Crippen LogP contribution in [-0.2, 0) is 4.79 Å². The fourth-order valence-electron chi connectivity index (χ4n) is 2.81. The molecule has 0 aliphatic rings. The minimum Gasteiger partial charge on any atom is -0.493 e. The molecule has 0 fully saturated rings. The van der Waals surface area contributed by atoms with Crippen molar-refractivity contribution >= 4 is 28.3 Å². The number of aryl methyl sites for hydroxylation is 1. The zero-order valence-electron chi connectivity index (χ0n) is 14.5. The summed E-state index contributed by atoms with van der Waals surface area (Å²) in [5.74, 6) is -1.80. The van der Waals surface area contributed by atoms with Crippen LogP contribution in [0.3, 0.4) is 0 Å². The largest absolute Gasteiger partial charge is 0.493 e. The number of alkyl halides is 2. The van der Waals surface area contributed by atoms with Crippen LogP contribution >= 0.6 is 0 Å². The maximum absolute atomic E-state index is 12.6. The van der Waals surface area contributed by atoms with Crippen molar-refractivity contribution in [2.24, 2.45) is 0 Å². The summed E-state index contributed by atoms with van der Waals surface area (Å²) in [6.45, 7) is -1.36. The molecule has 0 saturated heterocycles. The second-order valence-electron chi connectivity index (χ2n) is 5.70. The van der Waals surface area contributed by atoms with Crippen molar-refractivity contribution in [3.8, 4) is 11.5 Å². The molecule has 3 aromatic rings. The first-order chi connectivity index (χ1) is 12.9. The summed E-state index contributed by atoms with van der Waals surface area (Å²) >= 11 is 0. The lowest BCUT2D eigenvalue weighted by Crippen LogP contribution is -2.23. The minimum atomic E-state index is -3.06. The summed E-state index contributed by atoms with van der Waals surface area (Å²) in [5, 5.41) is 3.04. The number of fused-ring (bicyclic) bond motifs is 1. The van der Waals surface area contributed by atoms with Crippen molar-refractivity contribution in [1.82, 2.24) is 4.98 Å². The van der Waals surface area contributed by atoms with Crippen molar-refractivity contribution in [3.05, 3.63) is 53.7 Å². The lowest BCUT2D eigenvalue weighted by molar-refractivity contribution is -0.112. The van der Waals surface area contributed by atoms with E-state index in [-0.39, 0.29) is 22.7 Å². The molecule has 1 aromatic heterocycles. The number of rotatable bonds is 6. The first kappa shape index (κ1) is 18.4. The Labute approximate surface area is 153 Å². The second kappa shape index (κ2) is 7.45. The molecular weight excluding hydrogens is 358 g/mol. The van der Waals surface area contributed by atoms with Crippen molar-refractivity contribution in [1.29, 1.82) is 0 Å². The predicted molar refractivity (Wildman–Crippen MR) is 95.6 cm³/mol. The molecule has 3 rings (SSSR count). The van der Waals surface area contributed by atoms with E-state index in [2.05, 4.69) is 15.0 Å². The molecule has 0 saturated carbocycles. The van der Waals surface area contributed by atoms with Gasteiger partial charge in [0.25, 0.3) is 11.7 Å². The number of ketones is 1. The van der Waals surface area contributed by atoms with Gasteiger partial charge in [0, 0.05) is 28.4 Å². The first-order valence-corrected chi connectivity index (χ1v) is 7.96. The fourth-order valence-corrected chi connectivity index (χ4v) is 2.81. The highest BCUT2D eigenvalue weighted by atomic mass is 19.3. The quantitative estimate of drug-likeness (QED) is 0.506. The van der Waals surface area contributed by atoms with E-state index in [0.29, 0.717) is 11.1 Å². The molecule has 0 bridgehead atoms. The molecule has 0 unspecified atom stereocenters. The number of hydrogen-bond donors (Lipinski definition) is 2. The van der Waals surface area contributed by atoms with E-state index in [4.69, 9.17) is 4.74 Å². The number of benzene rings is 2. The molecule has 1 amide bonds. The summed E-state index contributed by atoms with van der Waals surface area (Å²) in [6.07, 6.45) is 0. The average Bonchev–Trinajstić information content (AvgIpc) is 2.96. The number of hydrogen-bond acceptors (Lipinski definition) is 4.